The van der Waals surface area contributed by atoms with Gasteiger partial charge >= 0.3 is 6.18 Å². The minimum atomic E-state index is -4.53. The second kappa shape index (κ2) is 6.80. The van der Waals surface area contributed by atoms with E-state index < -0.39 is 17.6 Å². The smallest absolute Gasteiger partial charge is 0.339 e. The summed E-state index contributed by atoms with van der Waals surface area (Å²) in [5.41, 5.74) is -1.21. The zero-order valence-electron chi connectivity index (χ0n) is 10.5. The van der Waals surface area contributed by atoms with Crippen LogP contribution in [0, 0.1) is 0 Å². The summed E-state index contributed by atoms with van der Waals surface area (Å²) in [5, 5.41) is 0. The van der Waals surface area contributed by atoms with Gasteiger partial charge in [-0.1, -0.05) is 12.1 Å². The van der Waals surface area contributed by atoms with E-state index in [2.05, 4.69) is 0 Å². The molecule has 0 radical (unpaired) electrons. The lowest BCUT2D eigenvalue weighted by Crippen LogP contribution is -2.33. The molecule has 1 rings (SSSR count). The summed E-state index contributed by atoms with van der Waals surface area (Å²) < 4.78 is 38.5. The molecule has 0 atom stereocenters. The lowest BCUT2D eigenvalue weighted by atomic mass is 10.1. The van der Waals surface area contributed by atoms with Crippen LogP contribution in [-0.2, 0) is 6.18 Å². The van der Waals surface area contributed by atoms with Crippen LogP contribution < -0.4 is 0 Å². The summed E-state index contributed by atoms with van der Waals surface area (Å²) in [4.78, 5) is 13.5. The lowest BCUT2D eigenvalue weighted by molar-refractivity contribution is -0.138. The number of carbonyl (C=O) groups excluding carboxylic acids is 1. The summed E-state index contributed by atoms with van der Waals surface area (Å²) >= 11 is 5.54. The van der Waals surface area contributed by atoms with Crippen molar-refractivity contribution in [2.24, 2.45) is 0 Å². The Bertz CT molecular complexity index is 434. The Labute approximate surface area is 115 Å². The predicted molar refractivity (Wildman–Crippen MR) is 68.4 cm³/mol. The first kappa shape index (κ1) is 15.8. The van der Waals surface area contributed by atoms with Crippen LogP contribution in [0.1, 0.15) is 29.3 Å². The van der Waals surface area contributed by atoms with Crippen molar-refractivity contribution in [2.45, 2.75) is 19.5 Å². The van der Waals surface area contributed by atoms with Gasteiger partial charge in [-0.05, 0) is 25.5 Å². The average molecular weight is 294 g/mol. The van der Waals surface area contributed by atoms with E-state index in [0.29, 0.717) is 25.4 Å². The van der Waals surface area contributed by atoms with Gasteiger partial charge in [-0.15, -0.1) is 11.6 Å². The maximum atomic E-state index is 12.8. The summed E-state index contributed by atoms with van der Waals surface area (Å²) in [6.07, 6.45) is -3.98. The molecule has 0 saturated heterocycles. The third kappa shape index (κ3) is 4.13. The van der Waals surface area contributed by atoms with Gasteiger partial charge in [0.25, 0.3) is 5.91 Å². The van der Waals surface area contributed by atoms with Gasteiger partial charge in [0, 0.05) is 19.0 Å². The van der Waals surface area contributed by atoms with Gasteiger partial charge in [-0.3, -0.25) is 4.79 Å². The molecule has 1 amide bonds. The molecular weight excluding hydrogens is 279 g/mol. The summed E-state index contributed by atoms with van der Waals surface area (Å²) in [7, 11) is 0. The van der Waals surface area contributed by atoms with Crippen molar-refractivity contribution in [3.8, 4) is 0 Å². The molecule has 0 aliphatic carbocycles. The summed E-state index contributed by atoms with van der Waals surface area (Å²) in [6.45, 7) is 2.43. The van der Waals surface area contributed by atoms with Crippen LogP contribution in [-0.4, -0.2) is 29.8 Å². The lowest BCUT2D eigenvalue weighted by Gasteiger charge is -2.22. The number of halogens is 4. The maximum absolute atomic E-state index is 12.8. The molecule has 0 fully saturated rings. The van der Waals surface area contributed by atoms with E-state index in [1.54, 1.807) is 6.92 Å². The largest absolute Gasteiger partial charge is 0.417 e. The quantitative estimate of drug-likeness (QED) is 0.756. The van der Waals surface area contributed by atoms with Gasteiger partial charge in [0.1, 0.15) is 0 Å². The number of carbonyl (C=O) groups is 1. The molecule has 0 aliphatic heterocycles. The van der Waals surface area contributed by atoms with Crippen molar-refractivity contribution in [1.29, 1.82) is 0 Å². The monoisotopic (exact) mass is 293 g/mol. The SMILES string of the molecule is CCN(CCCCl)C(=O)c1ccccc1C(F)(F)F. The topological polar surface area (TPSA) is 20.3 Å². The number of benzene rings is 1. The van der Waals surface area contributed by atoms with Crippen molar-refractivity contribution in [2.75, 3.05) is 19.0 Å². The molecular formula is C13H15ClF3NO. The van der Waals surface area contributed by atoms with Crippen LogP contribution in [0.4, 0.5) is 13.2 Å². The zero-order valence-corrected chi connectivity index (χ0v) is 11.3. The second-order valence-corrected chi connectivity index (χ2v) is 4.35. The number of hydrogen-bond acceptors (Lipinski definition) is 1. The predicted octanol–water partition coefficient (Wildman–Crippen LogP) is 3.80. The molecule has 6 heteroatoms. The second-order valence-electron chi connectivity index (χ2n) is 3.97. The van der Waals surface area contributed by atoms with Gasteiger partial charge in [0.15, 0.2) is 0 Å². The average Bonchev–Trinajstić information content (AvgIpc) is 2.38. The third-order valence-corrected chi connectivity index (χ3v) is 2.96. The molecule has 19 heavy (non-hydrogen) atoms. The number of rotatable bonds is 5. The minimum absolute atomic E-state index is 0.313. The summed E-state index contributed by atoms with van der Waals surface area (Å²) in [6, 6.07) is 4.82. The third-order valence-electron chi connectivity index (χ3n) is 2.69. The number of alkyl halides is 4. The van der Waals surface area contributed by atoms with Crippen molar-refractivity contribution in [3.05, 3.63) is 35.4 Å². The Hall–Kier alpha value is -1.23. The van der Waals surface area contributed by atoms with E-state index in [4.69, 9.17) is 11.6 Å². The standard InChI is InChI=1S/C13H15ClF3NO/c1-2-18(9-5-8-14)12(19)10-6-3-4-7-11(10)13(15,16)17/h3-4,6-7H,2,5,8-9H2,1H3. The number of nitrogens with zero attached hydrogens (tertiary/aromatic N) is 1. The maximum Gasteiger partial charge on any atom is 0.417 e. The molecule has 2 nitrogen and oxygen atoms in total. The molecule has 0 spiro atoms. The van der Waals surface area contributed by atoms with E-state index in [0.717, 1.165) is 6.07 Å². The summed E-state index contributed by atoms with van der Waals surface area (Å²) in [5.74, 6) is -0.245. The van der Waals surface area contributed by atoms with Crippen LogP contribution in [0.3, 0.4) is 0 Å². The molecule has 106 valence electrons. The van der Waals surface area contributed by atoms with Gasteiger partial charge in [0.2, 0.25) is 0 Å². The fraction of sp³-hybridized carbons (Fsp3) is 0.462. The molecule has 0 N–H and O–H groups in total. The Morgan fingerprint density at radius 3 is 2.47 bits per heavy atom. The van der Waals surface area contributed by atoms with Gasteiger partial charge in [-0.2, -0.15) is 13.2 Å². The van der Waals surface area contributed by atoms with Crippen LogP contribution in [0.2, 0.25) is 0 Å². The number of hydrogen-bond donors (Lipinski definition) is 0. The van der Waals surface area contributed by atoms with Crippen LogP contribution in [0.25, 0.3) is 0 Å². The van der Waals surface area contributed by atoms with Gasteiger partial charge in [-0.25, -0.2) is 0 Å². The van der Waals surface area contributed by atoms with E-state index in [9.17, 15) is 18.0 Å². The highest BCUT2D eigenvalue weighted by atomic mass is 35.5. The van der Waals surface area contributed by atoms with Crippen LogP contribution in [0.15, 0.2) is 24.3 Å². The van der Waals surface area contributed by atoms with Crippen LogP contribution in [0.5, 0.6) is 0 Å². The zero-order chi connectivity index (χ0) is 14.5. The Balaban J connectivity index is 3.05. The van der Waals surface area contributed by atoms with E-state index in [1.807, 2.05) is 0 Å². The highest BCUT2D eigenvalue weighted by Gasteiger charge is 2.35. The first-order valence-electron chi connectivity index (χ1n) is 5.93. The van der Waals surface area contributed by atoms with Crippen molar-refractivity contribution >= 4 is 17.5 Å². The highest BCUT2D eigenvalue weighted by molar-refractivity contribution is 6.17. The highest BCUT2D eigenvalue weighted by Crippen LogP contribution is 2.32. The van der Waals surface area contributed by atoms with E-state index in [-0.39, 0.29) is 5.56 Å². The minimum Gasteiger partial charge on any atom is -0.339 e. The van der Waals surface area contributed by atoms with Crippen molar-refractivity contribution in [1.82, 2.24) is 4.90 Å². The van der Waals surface area contributed by atoms with E-state index >= 15 is 0 Å². The Morgan fingerprint density at radius 1 is 1.32 bits per heavy atom. The van der Waals surface area contributed by atoms with Crippen molar-refractivity contribution in [3.63, 3.8) is 0 Å². The normalized spacial score (nSPS) is 11.4. The molecule has 0 aliphatic rings. The van der Waals surface area contributed by atoms with Crippen LogP contribution >= 0.6 is 11.6 Å². The fourth-order valence-electron chi connectivity index (χ4n) is 1.74. The molecule has 1 aromatic carbocycles. The molecule has 0 unspecified atom stereocenters. The number of amides is 1. The molecule has 0 aromatic heterocycles. The first-order chi connectivity index (χ1) is 8.91. The first-order valence-corrected chi connectivity index (χ1v) is 6.46. The molecule has 0 saturated carbocycles. The van der Waals surface area contributed by atoms with Gasteiger partial charge in [0.05, 0.1) is 11.1 Å². The molecule has 0 heterocycles. The molecule has 1 aromatic rings. The Kier molecular flexibility index (Phi) is 5.66. The van der Waals surface area contributed by atoms with Gasteiger partial charge < -0.3 is 4.90 Å². The Morgan fingerprint density at radius 2 is 1.95 bits per heavy atom. The van der Waals surface area contributed by atoms with E-state index in [1.165, 1.54) is 23.1 Å². The molecule has 0 bridgehead atoms. The van der Waals surface area contributed by atoms with Crippen molar-refractivity contribution < 1.29 is 18.0 Å². The fourth-order valence-corrected chi connectivity index (χ4v) is 1.86.